The van der Waals surface area contributed by atoms with E-state index in [2.05, 4.69) is 0 Å². The Kier molecular flexibility index (Phi) is 3.80. The van der Waals surface area contributed by atoms with Crippen molar-refractivity contribution in [1.29, 1.82) is 0 Å². The Hall–Kier alpha value is -1.69. The van der Waals surface area contributed by atoms with Crippen LogP contribution in [0.5, 0.6) is 0 Å². The summed E-state index contributed by atoms with van der Waals surface area (Å²) in [7, 11) is 0. The van der Waals surface area contributed by atoms with E-state index in [1.165, 1.54) is 4.90 Å². The monoisotopic (exact) mass is 306 g/mol. The van der Waals surface area contributed by atoms with Crippen LogP contribution < -0.4 is 4.90 Å². The minimum Gasteiger partial charge on any atom is -0.480 e. The molecule has 0 radical (unpaired) electrons. The maximum Gasteiger partial charge on any atom is 0.327 e. The first-order valence-corrected chi connectivity index (χ1v) is 8.23. The maximum absolute atomic E-state index is 12.9. The molecule has 0 saturated carbocycles. The van der Waals surface area contributed by atoms with Crippen LogP contribution in [0.3, 0.4) is 0 Å². The molecule has 6 heteroatoms. The van der Waals surface area contributed by atoms with Crippen molar-refractivity contribution in [2.75, 3.05) is 23.0 Å². The third-order valence-corrected chi connectivity index (χ3v) is 5.10. The van der Waals surface area contributed by atoms with Crippen molar-refractivity contribution >= 4 is 29.4 Å². The van der Waals surface area contributed by atoms with Crippen LogP contribution >= 0.6 is 11.8 Å². The average Bonchev–Trinajstić information content (AvgIpc) is 2.82. The number of para-hydroxylation sites is 1. The van der Waals surface area contributed by atoms with Crippen LogP contribution in [0.4, 0.5) is 10.5 Å². The highest BCUT2D eigenvalue weighted by Crippen LogP contribution is 2.33. The number of thioether (sulfide) groups is 1. The molecular weight excluding hydrogens is 288 g/mol. The Balaban J connectivity index is 1.89. The number of hydrogen-bond acceptors (Lipinski definition) is 3. The number of carboxylic acids is 1. The molecule has 3 rings (SSSR count). The number of carbonyl (C=O) groups is 2. The van der Waals surface area contributed by atoms with Gasteiger partial charge in [-0.3, -0.25) is 4.90 Å². The van der Waals surface area contributed by atoms with Crippen LogP contribution in [0.25, 0.3) is 0 Å². The first kappa shape index (κ1) is 14.3. The number of urea groups is 1. The number of amides is 2. The van der Waals surface area contributed by atoms with E-state index >= 15 is 0 Å². The van der Waals surface area contributed by atoms with Gasteiger partial charge in [0.05, 0.1) is 0 Å². The van der Waals surface area contributed by atoms with Crippen LogP contribution in [-0.4, -0.2) is 52.1 Å². The van der Waals surface area contributed by atoms with Crippen molar-refractivity contribution in [2.45, 2.75) is 25.4 Å². The van der Waals surface area contributed by atoms with Gasteiger partial charge in [0.1, 0.15) is 6.04 Å². The summed E-state index contributed by atoms with van der Waals surface area (Å²) in [6, 6.07) is 7.01. The smallest absolute Gasteiger partial charge is 0.327 e. The zero-order valence-corrected chi connectivity index (χ0v) is 12.7. The number of benzene rings is 1. The summed E-state index contributed by atoms with van der Waals surface area (Å²) in [5.41, 5.74) is 2.06. The van der Waals surface area contributed by atoms with E-state index in [0.29, 0.717) is 12.3 Å². The molecule has 1 saturated heterocycles. The van der Waals surface area contributed by atoms with Crippen molar-refractivity contribution in [3.8, 4) is 0 Å². The summed E-state index contributed by atoms with van der Waals surface area (Å²) in [5, 5.41) is 9.34. The molecule has 1 aromatic carbocycles. The first-order valence-electron chi connectivity index (χ1n) is 7.08. The Morgan fingerprint density at radius 3 is 2.86 bits per heavy atom. The summed E-state index contributed by atoms with van der Waals surface area (Å²) < 4.78 is 0. The van der Waals surface area contributed by atoms with E-state index in [-0.39, 0.29) is 12.1 Å². The molecular formula is C15H18N2O3S. The van der Waals surface area contributed by atoms with Gasteiger partial charge in [0.25, 0.3) is 0 Å². The lowest BCUT2D eigenvalue weighted by Gasteiger charge is -2.37. The molecule has 2 unspecified atom stereocenters. The quantitative estimate of drug-likeness (QED) is 0.863. The fourth-order valence-electron chi connectivity index (χ4n) is 3.03. The zero-order valence-electron chi connectivity index (χ0n) is 11.9. The van der Waals surface area contributed by atoms with E-state index in [4.69, 9.17) is 0 Å². The van der Waals surface area contributed by atoms with Gasteiger partial charge in [0.2, 0.25) is 0 Å². The van der Waals surface area contributed by atoms with Gasteiger partial charge in [-0.1, -0.05) is 18.2 Å². The van der Waals surface area contributed by atoms with Crippen molar-refractivity contribution in [2.24, 2.45) is 0 Å². The molecule has 0 aliphatic carbocycles. The summed E-state index contributed by atoms with van der Waals surface area (Å²) in [6.07, 6.45) is 0.822. The second-order valence-electron chi connectivity index (χ2n) is 5.46. The molecule has 21 heavy (non-hydrogen) atoms. The summed E-state index contributed by atoms with van der Waals surface area (Å²) >= 11 is 1.59. The highest BCUT2D eigenvalue weighted by atomic mass is 32.2. The van der Waals surface area contributed by atoms with Gasteiger partial charge in [0, 0.05) is 29.8 Å². The molecule has 1 N–H and O–H groups in total. The van der Waals surface area contributed by atoms with E-state index in [9.17, 15) is 14.7 Å². The molecule has 0 spiro atoms. The molecule has 0 bridgehead atoms. The molecule has 2 heterocycles. The van der Waals surface area contributed by atoms with Crippen LogP contribution in [0.2, 0.25) is 0 Å². The van der Waals surface area contributed by atoms with Gasteiger partial charge < -0.3 is 10.0 Å². The van der Waals surface area contributed by atoms with Crippen LogP contribution in [0, 0.1) is 0 Å². The standard InChI is InChI=1S/C15H18N2O3S/c1-10-8-11-4-2-3-5-12(11)17(10)15(20)16-6-7-21-9-13(16)14(18)19/h2-5,10,13H,6-9H2,1H3,(H,18,19). The SMILES string of the molecule is CC1Cc2ccccc2N1C(=O)N1CCSCC1C(=O)O. The number of rotatable bonds is 1. The summed E-state index contributed by atoms with van der Waals surface area (Å²) in [6.45, 7) is 2.50. The maximum atomic E-state index is 12.9. The Bertz CT molecular complexity index is 578. The normalized spacial score (nSPS) is 24.8. The summed E-state index contributed by atoms with van der Waals surface area (Å²) in [5.74, 6) is 0.334. The number of carbonyl (C=O) groups excluding carboxylic acids is 1. The van der Waals surface area contributed by atoms with Gasteiger partial charge >= 0.3 is 12.0 Å². The highest BCUT2D eigenvalue weighted by molar-refractivity contribution is 7.99. The largest absolute Gasteiger partial charge is 0.480 e. The van der Waals surface area contributed by atoms with Gasteiger partial charge in [0.15, 0.2) is 0 Å². The number of carboxylic acid groups (broad SMARTS) is 1. The summed E-state index contributed by atoms with van der Waals surface area (Å²) in [4.78, 5) is 27.5. The Morgan fingerprint density at radius 1 is 1.33 bits per heavy atom. The number of fused-ring (bicyclic) bond motifs is 1. The van der Waals surface area contributed by atoms with Crippen molar-refractivity contribution < 1.29 is 14.7 Å². The van der Waals surface area contributed by atoms with Crippen molar-refractivity contribution in [3.63, 3.8) is 0 Å². The van der Waals surface area contributed by atoms with Gasteiger partial charge in [-0.2, -0.15) is 11.8 Å². The molecule has 112 valence electrons. The minimum atomic E-state index is -0.921. The molecule has 2 amide bonds. The topological polar surface area (TPSA) is 60.9 Å². The van der Waals surface area contributed by atoms with Crippen molar-refractivity contribution in [1.82, 2.24) is 4.90 Å². The van der Waals surface area contributed by atoms with Crippen LogP contribution in [-0.2, 0) is 11.2 Å². The van der Waals surface area contributed by atoms with E-state index in [0.717, 1.165) is 23.4 Å². The number of anilines is 1. The molecule has 2 atom stereocenters. The fraction of sp³-hybridized carbons (Fsp3) is 0.467. The molecule has 1 fully saturated rings. The molecule has 2 aliphatic heterocycles. The first-order chi connectivity index (χ1) is 10.1. The van der Waals surface area contributed by atoms with Gasteiger partial charge in [-0.05, 0) is 25.0 Å². The lowest BCUT2D eigenvalue weighted by molar-refractivity contribution is -0.141. The lowest BCUT2D eigenvalue weighted by atomic mass is 10.1. The minimum absolute atomic E-state index is 0.0684. The van der Waals surface area contributed by atoms with Gasteiger partial charge in [-0.15, -0.1) is 0 Å². The molecule has 5 nitrogen and oxygen atoms in total. The highest BCUT2D eigenvalue weighted by Gasteiger charge is 2.39. The van der Waals surface area contributed by atoms with E-state index in [1.807, 2.05) is 31.2 Å². The van der Waals surface area contributed by atoms with Crippen molar-refractivity contribution in [3.05, 3.63) is 29.8 Å². The fourth-order valence-corrected chi connectivity index (χ4v) is 4.07. The zero-order chi connectivity index (χ0) is 15.0. The number of hydrogen-bond donors (Lipinski definition) is 1. The third kappa shape index (κ3) is 2.48. The second-order valence-corrected chi connectivity index (χ2v) is 6.61. The predicted octanol–water partition coefficient (Wildman–Crippen LogP) is 2.06. The molecule has 2 aliphatic rings. The Morgan fingerprint density at radius 2 is 2.10 bits per heavy atom. The van der Waals surface area contributed by atoms with Gasteiger partial charge in [-0.25, -0.2) is 9.59 Å². The average molecular weight is 306 g/mol. The molecule has 1 aromatic rings. The lowest BCUT2D eigenvalue weighted by Crippen LogP contribution is -2.56. The predicted molar refractivity (Wildman–Crippen MR) is 82.9 cm³/mol. The number of aliphatic carboxylic acids is 1. The van der Waals surface area contributed by atoms with E-state index < -0.39 is 12.0 Å². The Labute approximate surface area is 127 Å². The number of nitrogens with zero attached hydrogens (tertiary/aromatic N) is 2. The third-order valence-electron chi connectivity index (χ3n) is 4.07. The van der Waals surface area contributed by atoms with Crippen LogP contribution in [0.1, 0.15) is 12.5 Å². The molecule has 0 aromatic heterocycles. The van der Waals surface area contributed by atoms with E-state index in [1.54, 1.807) is 16.7 Å². The van der Waals surface area contributed by atoms with Crippen LogP contribution in [0.15, 0.2) is 24.3 Å². The second kappa shape index (κ2) is 5.60.